The van der Waals surface area contributed by atoms with Crippen LogP contribution in [0.25, 0.3) is 5.57 Å². The first-order valence-corrected chi connectivity index (χ1v) is 6.73. The lowest BCUT2D eigenvalue weighted by molar-refractivity contribution is 0.881. The highest BCUT2D eigenvalue weighted by atomic mass is 14.7. The van der Waals surface area contributed by atoms with Gasteiger partial charge in [-0.3, -0.25) is 4.99 Å². The minimum absolute atomic E-state index is 0.233. The first kappa shape index (κ1) is 14.4. The number of fused-ring (bicyclic) bond motifs is 1. The summed E-state index contributed by atoms with van der Waals surface area (Å²) in [4.78, 5) is 4.71. The summed E-state index contributed by atoms with van der Waals surface area (Å²) in [5, 5.41) is 2.38. The van der Waals surface area contributed by atoms with Crippen LogP contribution in [0.4, 0.5) is 0 Å². The molecule has 1 atom stereocenters. The van der Waals surface area contributed by atoms with Crippen LogP contribution in [-0.4, -0.2) is 6.04 Å². The van der Waals surface area contributed by atoms with Crippen molar-refractivity contribution in [3.63, 3.8) is 0 Å². The smallest absolute Gasteiger partial charge is 0.0662 e. The van der Waals surface area contributed by atoms with Crippen LogP contribution in [0.5, 0.6) is 0 Å². The Labute approximate surface area is 110 Å². The monoisotopic (exact) mass is 241 g/mol. The molecule has 0 N–H and O–H groups in total. The van der Waals surface area contributed by atoms with Gasteiger partial charge >= 0.3 is 0 Å². The number of hydrogen-bond acceptors (Lipinski definition) is 1. The number of allylic oxidation sites excluding steroid dienone is 3. The second-order valence-corrected chi connectivity index (χ2v) is 4.18. The highest BCUT2D eigenvalue weighted by Gasteiger charge is 1.96. The van der Waals surface area contributed by atoms with Crippen LogP contribution in [0.2, 0.25) is 0 Å². The lowest BCUT2D eigenvalue weighted by Gasteiger charge is -2.02. The van der Waals surface area contributed by atoms with Gasteiger partial charge in [0.1, 0.15) is 0 Å². The average molecular weight is 241 g/mol. The topological polar surface area (TPSA) is 12.4 Å². The standard InChI is InChI=1S/C15H17N.C2H6/c1-12-8-4-3-5-9-13(2)16-15-11-7-6-10-14(12)15;1-2/h3-7,9-11,13H,8H2,1-2H3;1-2H3/b4-3-,9-5-,14-12-,16-15?;. The highest BCUT2D eigenvalue weighted by molar-refractivity contribution is 5.44. The summed E-state index contributed by atoms with van der Waals surface area (Å²) < 4.78 is 0. The molecule has 18 heavy (non-hydrogen) atoms. The van der Waals surface area contributed by atoms with Gasteiger partial charge in [0.2, 0.25) is 0 Å². The van der Waals surface area contributed by atoms with Crippen molar-refractivity contribution in [3.05, 3.63) is 59.1 Å². The van der Waals surface area contributed by atoms with E-state index < -0.39 is 0 Å². The van der Waals surface area contributed by atoms with Gasteiger partial charge in [0, 0.05) is 0 Å². The molecule has 0 aromatic heterocycles. The fraction of sp³-hybridized carbons (Fsp3) is 0.353. The maximum absolute atomic E-state index is 4.71. The maximum Gasteiger partial charge on any atom is 0.0662 e. The Morgan fingerprint density at radius 1 is 1.11 bits per heavy atom. The Morgan fingerprint density at radius 2 is 1.83 bits per heavy atom. The molecule has 2 rings (SSSR count). The molecule has 0 fully saturated rings. The summed E-state index contributed by atoms with van der Waals surface area (Å²) in [5.41, 5.74) is 1.37. The van der Waals surface area contributed by atoms with Crippen molar-refractivity contribution >= 4 is 5.57 Å². The number of nitrogens with zero attached hydrogens (tertiary/aromatic N) is 1. The number of para-hydroxylation sites is 1. The Bertz CT molecular complexity index is 535. The van der Waals surface area contributed by atoms with Gasteiger partial charge in [-0.1, -0.05) is 61.9 Å². The lowest BCUT2D eigenvalue weighted by Crippen LogP contribution is -2.27. The molecule has 0 aliphatic carbocycles. The van der Waals surface area contributed by atoms with Crippen molar-refractivity contribution < 1.29 is 0 Å². The van der Waals surface area contributed by atoms with E-state index in [2.05, 4.69) is 56.4 Å². The predicted octanol–water partition coefficient (Wildman–Crippen LogP) is 3.41. The van der Waals surface area contributed by atoms with Gasteiger partial charge in [0.15, 0.2) is 0 Å². The molecule has 0 spiro atoms. The molecule has 96 valence electrons. The summed E-state index contributed by atoms with van der Waals surface area (Å²) in [5.74, 6) is 0. The molecule has 1 aliphatic rings. The fourth-order valence-electron chi connectivity index (χ4n) is 1.87. The fourth-order valence-corrected chi connectivity index (χ4v) is 1.87. The van der Waals surface area contributed by atoms with Crippen LogP contribution in [0.1, 0.15) is 34.1 Å². The van der Waals surface area contributed by atoms with Gasteiger partial charge < -0.3 is 0 Å². The lowest BCUT2D eigenvalue weighted by atomic mass is 10.1. The van der Waals surface area contributed by atoms with Crippen molar-refractivity contribution in [2.45, 2.75) is 40.2 Å². The molecule has 0 bridgehead atoms. The van der Waals surface area contributed by atoms with E-state index in [4.69, 9.17) is 4.99 Å². The molecular weight excluding hydrogens is 218 g/mol. The van der Waals surface area contributed by atoms with Crippen LogP contribution in [0.3, 0.4) is 0 Å². The zero-order chi connectivity index (χ0) is 13.4. The molecule has 1 heteroatoms. The first-order valence-electron chi connectivity index (χ1n) is 6.73. The summed E-state index contributed by atoms with van der Waals surface area (Å²) >= 11 is 0. The first-order chi connectivity index (χ1) is 8.77. The largest absolute Gasteiger partial charge is 0.278 e. The summed E-state index contributed by atoms with van der Waals surface area (Å²) in [6.45, 7) is 8.28. The Balaban J connectivity index is 0.000000771. The number of rotatable bonds is 0. The van der Waals surface area contributed by atoms with Gasteiger partial charge in [0.25, 0.3) is 0 Å². The van der Waals surface area contributed by atoms with Crippen LogP contribution >= 0.6 is 0 Å². The quantitative estimate of drug-likeness (QED) is 0.660. The van der Waals surface area contributed by atoms with E-state index in [1.54, 1.807) is 0 Å². The predicted molar refractivity (Wildman–Crippen MR) is 80.0 cm³/mol. The van der Waals surface area contributed by atoms with Crippen molar-refractivity contribution in [3.8, 4) is 0 Å². The molecule has 0 saturated heterocycles. The molecule has 0 radical (unpaired) electrons. The molecule has 1 nitrogen and oxygen atoms in total. The van der Waals surface area contributed by atoms with Gasteiger partial charge in [0.05, 0.1) is 11.4 Å². The minimum Gasteiger partial charge on any atom is -0.278 e. The SMILES string of the molecule is C/C1=c2\ccccc2=NC(C)/C=C\C=C/C1.CC. The van der Waals surface area contributed by atoms with E-state index in [1.165, 1.54) is 10.8 Å². The van der Waals surface area contributed by atoms with Crippen molar-refractivity contribution in [1.82, 2.24) is 0 Å². The Kier molecular flexibility index (Phi) is 6.13. The normalized spacial score (nSPS) is 24.8. The molecule has 1 aliphatic heterocycles. The molecule has 1 aromatic rings. The van der Waals surface area contributed by atoms with E-state index in [0.29, 0.717) is 0 Å². The van der Waals surface area contributed by atoms with Gasteiger partial charge in [-0.05, 0) is 31.6 Å². The van der Waals surface area contributed by atoms with Crippen molar-refractivity contribution in [2.75, 3.05) is 0 Å². The van der Waals surface area contributed by atoms with Crippen LogP contribution in [0, 0.1) is 0 Å². The summed E-state index contributed by atoms with van der Waals surface area (Å²) in [6.07, 6.45) is 9.48. The third kappa shape index (κ3) is 3.99. The maximum atomic E-state index is 4.71. The molecule has 0 saturated carbocycles. The molecule has 1 unspecified atom stereocenters. The average Bonchev–Trinajstić information content (AvgIpc) is 2.40. The van der Waals surface area contributed by atoms with Gasteiger partial charge in [-0.2, -0.15) is 0 Å². The van der Waals surface area contributed by atoms with Gasteiger partial charge in [-0.15, -0.1) is 0 Å². The van der Waals surface area contributed by atoms with E-state index in [-0.39, 0.29) is 6.04 Å². The summed E-state index contributed by atoms with van der Waals surface area (Å²) in [6, 6.07) is 8.60. The second-order valence-electron chi connectivity index (χ2n) is 4.18. The van der Waals surface area contributed by atoms with E-state index >= 15 is 0 Å². The highest BCUT2D eigenvalue weighted by Crippen LogP contribution is 2.01. The van der Waals surface area contributed by atoms with E-state index in [0.717, 1.165) is 11.8 Å². The third-order valence-corrected chi connectivity index (χ3v) is 2.77. The molecule has 1 aromatic carbocycles. The summed E-state index contributed by atoms with van der Waals surface area (Å²) in [7, 11) is 0. The number of hydrogen-bond donors (Lipinski definition) is 0. The second kappa shape index (κ2) is 7.65. The van der Waals surface area contributed by atoms with E-state index in [9.17, 15) is 0 Å². The molecule has 0 amide bonds. The third-order valence-electron chi connectivity index (χ3n) is 2.77. The van der Waals surface area contributed by atoms with E-state index in [1.807, 2.05) is 19.9 Å². The van der Waals surface area contributed by atoms with Crippen molar-refractivity contribution in [2.24, 2.45) is 4.99 Å². The van der Waals surface area contributed by atoms with Crippen LogP contribution in [0.15, 0.2) is 53.6 Å². The van der Waals surface area contributed by atoms with Crippen molar-refractivity contribution in [1.29, 1.82) is 0 Å². The number of benzene rings is 1. The zero-order valence-electron chi connectivity index (χ0n) is 11.9. The minimum atomic E-state index is 0.233. The Morgan fingerprint density at radius 3 is 2.61 bits per heavy atom. The Hall–Kier alpha value is -1.63. The van der Waals surface area contributed by atoms with Crippen LogP contribution < -0.4 is 10.6 Å². The zero-order valence-corrected chi connectivity index (χ0v) is 11.9. The van der Waals surface area contributed by atoms with Crippen LogP contribution in [-0.2, 0) is 0 Å². The van der Waals surface area contributed by atoms with Gasteiger partial charge in [-0.25, -0.2) is 0 Å². The molecule has 1 heterocycles. The molecular formula is C17H23N.